The number of nitrogens with zero attached hydrogens (tertiary/aromatic N) is 2. The summed E-state index contributed by atoms with van der Waals surface area (Å²) in [5.74, 6) is 0. The third-order valence-corrected chi connectivity index (χ3v) is 3.08. The van der Waals surface area contributed by atoms with E-state index in [-0.39, 0.29) is 12.3 Å². The molecule has 1 unspecified atom stereocenters. The van der Waals surface area contributed by atoms with Crippen molar-refractivity contribution in [2.24, 2.45) is 0 Å². The van der Waals surface area contributed by atoms with Gasteiger partial charge in [-0.05, 0) is 40.3 Å². The number of rotatable bonds is 10. The molecule has 0 aromatic carbocycles. The fourth-order valence-electron chi connectivity index (χ4n) is 2.13. The zero-order valence-electron chi connectivity index (χ0n) is 13.4. The smallest absolute Gasteiger partial charge is 0.173 e. The maximum Gasteiger partial charge on any atom is 0.173 e. The van der Waals surface area contributed by atoms with Gasteiger partial charge in [-0.15, -0.1) is 0 Å². The largest absolute Gasteiger partial charge is 0.351 e. The molecule has 0 spiro atoms. The lowest BCUT2D eigenvalue weighted by atomic mass is 10.1. The molecule has 20 heavy (non-hydrogen) atoms. The zero-order chi connectivity index (χ0) is 15.0. The second-order valence-electron chi connectivity index (χ2n) is 5.03. The second-order valence-corrected chi connectivity index (χ2v) is 5.03. The van der Waals surface area contributed by atoms with Crippen LogP contribution in [-0.4, -0.2) is 41.9 Å². The van der Waals surface area contributed by atoms with E-state index in [2.05, 4.69) is 37.3 Å². The Kier molecular flexibility index (Phi) is 7.80. The lowest BCUT2D eigenvalue weighted by Crippen LogP contribution is -2.44. The molecule has 1 heterocycles. The van der Waals surface area contributed by atoms with Crippen LogP contribution in [0.2, 0.25) is 0 Å². The summed E-state index contributed by atoms with van der Waals surface area (Å²) < 4.78 is 13.4. The van der Waals surface area contributed by atoms with Crippen molar-refractivity contribution in [2.45, 2.75) is 59.4 Å². The number of nitrogens with one attached hydrogen (secondary N) is 1. The van der Waals surface area contributed by atoms with Crippen molar-refractivity contribution >= 4 is 0 Å². The maximum absolute atomic E-state index is 5.70. The molecule has 1 aromatic heterocycles. The Morgan fingerprint density at radius 3 is 2.30 bits per heavy atom. The van der Waals surface area contributed by atoms with Crippen LogP contribution in [0.25, 0.3) is 0 Å². The van der Waals surface area contributed by atoms with Crippen LogP contribution in [0.3, 0.4) is 0 Å². The van der Waals surface area contributed by atoms with Gasteiger partial charge in [0, 0.05) is 31.9 Å². The Bertz CT molecular complexity index is 360. The van der Waals surface area contributed by atoms with E-state index in [1.807, 2.05) is 24.7 Å². The average molecular weight is 283 g/mol. The highest BCUT2D eigenvalue weighted by Crippen LogP contribution is 2.11. The van der Waals surface area contributed by atoms with Crippen LogP contribution < -0.4 is 5.32 Å². The quantitative estimate of drug-likeness (QED) is 0.670. The van der Waals surface area contributed by atoms with Gasteiger partial charge < -0.3 is 14.8 Å². The van der Waals surface area contributed by atoms with Gasteiger partial charge in [-0.25, -0.2) is 0 Å². The first-order chi connectivity index (χ1) is 9.62. The zero-order valence-corrected chi connectivity index (χ0v) is 13.4. The van der Waals surface area contributed by atoms with E-state index in [0.29, 0.717) is 19.3 Å². The SMILES string of the molecule is CCNC(Cc1ccn(C(C)C)n1)C(OCC)OCC. The molecule has 1 N–H and O–H groups in total. The van der Waals surface area contributed by atoms with Crippen molar-refractivity contribution in [1.29, 1.82) is 0 Å². The van der Waals surface area contributed by atoms with Crippen LogP contribution in [0.1, 0.15) is 46.4 Å². The van der Waals surface area contributed by atoms with E-state index in [1.165, 1.54) is 0 Å². The minimum atomic E-state index is -0.228. The molecule has 1 aromatic rings. The van der Waals surface area contributed by atoms with E-state index in [0.717, 1.165) is 18.7 Å². The predicted octanol–water partition coefficient (Wildman–Crippen LogP) is 2.38. The molecule has 1 rings (SSSR count). The normalized spacial score (nSPS) is 13.3. The first-order valence-corrected chi connectivity index (χ1v) is 7.62. The van der Waals surface area contributed by atoms with E-state index in [9.17, 15) is 0 Å². The van der Waals surface area contributed by atoms with Crippen LogP contribution in [-0.2, 0) is 15.9 Å². The van der Waals surface area contributed by atoms with Crippen LogP contribution >= 0.6 is 0 Å². The maximum atomic E-state index is 5.70. The van der Waals surface area contributed by atoms with E-state index >= 15 is 0 Å². The van der Waals surface area contributed by atoms with Gasteiger partial charge in [-0.2, -0.15) is 5.10 Å². The molecule has 0 aliphatic carbocycles. The first kappa shape index (κ1) is 17.1. The van der Waals surface area contributed by atoms with Crippen LogP contribution in [0.15, 0.2) is 12.3 Å². The summed E-state index contributed by atoms with van der Waals surface area (Å²) in [6, 6.07) is 2.57. The number of hydrogen-bond acceptors (Lipinski definition) is 4. The van der Waals surface area contributed by atoms with Gasteiger partial charge in [0.2, 0.25) is 0 Å². The van der Waals surface area contributed by atoms with Gasteiger partial charge in [0.05, 0.1) is 11.7 Å². The van der Waals surface area contributed by atoms with Gasteiger partial charge >= 0.3 is 0 Å². The minimum absolute atomic E-state index is 0.121. The summed E-state index contributed by atoms with van der Waals surface area (Å²) >= 11 is 0. The van der Waals surface area contributed by atoms with Gasteiger partial charge in [0.1, 0.15) is 0 Å². The fraction of sp³-hybridized carbons (Fsp3) is 0.800. The highest BCUT2D eigenvalue weighted by molar-refractivity contribution is 5.02. The standard InChI is InChI=1S/C15H29N3O2/c1-6-16-14(15(19-7-2)20-8-3)11-13-9-10-18(17-13)12(4)5/h9-10,12,14-16H,6-8,11H2,1-5H3. The third kappa shape index (κ3) is 5.23. The van der Waals surface area contributed by atoms with Crippen molar-refractivity contribution in [3.05, 3.63) is 18.0 Å². The molecule has 0 saturated heterocycles. The summed E-state index contributed by atoms with van der Waals surface area (Å²) in [6.07, 6.45) is 2.60. The number of aromatic nitrogens is 2. The second kappa shape index (κ2) is 9.10. The Morgan fingerprint density at radius 2 is 1.85 bits per heavy atom. The van der Waals surface area contributed by atoms with Gasteiger partial charge in [0.15, 0.2) is 6.29 Å². The van der Waals surface area contributed by atoms with E-state index in [1.54, 1.807) is 0 Å². The van der Waals surface area contributed by atoms with Crippen molar-refractivity contribution < 1.29 is 9.47 Å². The molecule has 1 atom stereocenters. The summed E-state index contributed by atoms with van der Waals surface area (Å²) in [4.78, 5) is 0. The van der Waals surface area contributed by atoms with Crippen molar-refractivity contribution in [2.75, 3.05) is 19.8 Å². The summed E-state index contributed by atoms with van der Waals surface area (Å²) in [5.41, 5.74) is 1.06. The number of ether oxygens (including phenoxy) is 2. The van der Waals surface area contributed by atoms with Crippen molar-refractivity contribution in [1.82, 2.24) is 15.1 Å². The topological polar surface area (TPSA) is 48.3 Å². The highest BCUT2D eigenvalue weighted by Gasteiger charge is 2.22. The predicted molar refractivity (Wildman–Crippen MR) is 80.8 cm³/mol. The first-order valence-electron chi connectivity index (χ1n) is 7.62. The Labute approximate surface area is 122 Å². The molecule has 0 aliphatic rings. The summed E-state index contributed by atoms with van der Waals surface area (Å²) in [5, 5.41) is 8.04. The molecular formula is C15H29N3O2. The summed E-state index contributed by atoms with van der Waals surface area (Å²) in [7, 11) is 0. The molecular weight excluding hydrogens is 254 g/mol. The lowest BCUT2D eigenvalue weighted by Gasteiger charge is -2.26. The van der Waals surface area contributed by atoms with Gasteiger partial charge in [0.25, 0.3) is 0 Å². The number of likely N-dealkylation sites (N-methyl/N-ethyl adjacent to an activating group) is 1. The monoisotopic (exact) mass is 283 g/mol. The molecule has 0 amide bonds. The molecule has 0 radical (unpaired) electrons. The Morgan fingerprint density at radius 1 is 1.20 bits per heavy atom. The molecule has 5 nitrogen and oxygen atoms in total. The van der Waals surface area contributed by atoms with E-state index in [4.69, 9.17) is 9.47 Å². The molecule has 0 aliphatic heterocycles. The molecule has 5 heteroatoms. The van der Waals surface area contributed by atoms with Crippen molar-refractivity contribution in [3.63, 3.8) is 0 Å². The van der Waals surface area contributed by atoms with Crippen LogP contribution in [0.4, 0.5) is 0 Å². The Hall–Kier alpha value is -0.910. The lowest BCUT2D eigenvalue weighted by molar-refractivity contribution is -0.153. The average Bonchev–Trinajstić information content (AvgIpc) is 2.87. The van der Waals surface area contributed by atoms with Gasteiger partial charge in [-0.3, -0.25) is 4.68 Å². The van der Waals surface area contributed by atoms with Gasteiger partial charge in [-0.1, -0.05) is 6.92 Å². The third-order valence-electron chi connectivity index (χ3n) is 3.08. The van der Waals surface area contributed by atoms with Crippen LogP contribution in [0, 0.1) is 0 Å². The molecule has 0 saturated carbocycles. The number of hydrogen-bond donors (Lipinski definition) is 1. The van der Waals surface area contributed by atoms with E-state index < -0.39 is 0 Å². The van der Waals surface area contributed by atoms with Crippen LogP contribution in [0.5, 0.6) is 0 Å². The Balaban J connectivity index is 2.72. The molecule has 0 bridgehead atoms. The molecule has 116 valence electrons. The highest BCUT2D eigenvalue weighted by atomic mass is 16.7. The summed E-state index contributed by atoms with van der Waals surface area (Å²) in [6.45, 7) is 12.5. The minimum Gasteiger partial charge on any atom is -0.351 e. The molecule has 0 fully saturated rings. The fourth-order valence-corrected chi connectivity index (χ4v) is 2.13. The van der Waals surface area contributed by atoms with Crippen molar-refractivity contribution in [3.8, 4) is 0 Å².